The molecule has 0 aliphatic carbocycles. The Morgan fingerprint density at radius 3 is 2.14 bits per heavy atom. The number of aromatic nitrogens is 2. The molecule has 1 aliphatic heterocycles. The van der Waals surface area contributed by atoms with Crippen LogP contribution in [0.25, 0.3) is 0 Å². The summed E-state index contributed by atoms with van der Waals surface area (Å²) in [6.45, 7) is 3.89. The highest BCUT2D eigenvalue weighted by molar-refractivity contribution is 5.96. The minimum absolute atomic E-state index is 0.0693. The molecule has 1 fully saturated rings. The zero-order valence-electron chi connectivity index (χ0n) is 20.4. The van der Waals surface area contributed by atoms with Crippen LogP contribution in [0.15, 0.2) is 85.1 Å². The second-order valence-corrected chi connectivity index (χ2v) is 9.15. The quantitative estimate of drug-likeness (QED) is 0.349. The molecule has 0 atom stereocenters. The molecule has 6 nitrogen and oxygen atoms in total. The van der Waals surface area contributed by atoms with Gasteiger partial charge in [-0.3, -0.25) is 14.4 Å². The van der Waals surface area contributed by atoms with Crippen molar-refractivity contribution in [1.82, 2.24) is 19.6 Å². The van der Waals surface area contributed by atoms with Crippen LogP contribution in [0.1, 0.15) is 27.0 Å². The van der Waals surface area contributed by atoms with Gasteiger partial charge >= 0.3 is 0 Å². The largest absolute Gasteiger partial charge is 0.471 e. The van der Waals surface area contributed by atoms with Gasteiger partial charge in [-0.05, 0) is 41.0 Å². The van der Waals surface area contributed by atoms with Crippen molar-refractivity contribution in [3.05, 3.63) is 119 Å². The summed E-state index contributed by atoms with van der Waals surface area (Å²) in [6.07, 6.45) is 1.64. The van der Waals surface area contributed by atoms with Crippen LogP contribution in [0, 0.1) is 11.6 Å². The molecule has 0 radical (unpaired) electrons. The fourth-order valence-corrected chi connectivity index (χ4v) is 4.46. The van der Waals surface area contributed by atoms with Crippen LogP contribution in [0.2, 0.25) is 0 Å². The lowest BCUT2D eigenvalue weighted by atomic mass is 10.2. The van der Waals surface area contributed by atoms with Gasteiger partial charge in [0.2, 0.25) is 5.88 Å². The minimum Gasteiger partial charge on any atom is -0.471 e. The van der Waals surface area contributed by atoms with Gasteiger partial charge in [-0.15, -0.1) is 5.10 Å². The van der Waals surface area contributed by atoms with Gasteiger partial charge in [0, 0.05) is 38.9 Å². The third-order valence-electron chi connectivity index (χ3n) is 6.36. The molecule has 1 saturated heterocycles. The van der Waals surface area contributed by atoms with Gasteiger partial charge in [0.25, 0.3) is 5.91 Å². The van der Waals surface area contributed by atoms with Crippen LogP contribution >= 0.6 is 0 Å². The van der Waals surface area contributed by atoms with Crippen LogP contribution in [0.4, 0.5) is 8.78 Å². The Bertz CT molecular complexity index is 1350. The molecule has 1 aromatic heterocycles. The normalized spacial score (nSPS) is 14.1. The van der Waals surface area contributed by atoms with Crippen molar-refractivity contribution in [3.63, 3.8) is 0 Å². The standard InChI is InChI=1S/C29H28F2N4O2/c30-25-10-4-8-23(16-25)19-35-20-27(28(32-35)37-21-24-9-5-11-26(31)17-24)29(36)34-14-12-33(13-15-34)18-22-6-2-1-3-7-22/h1-11,16-17,20H,12-15,18-19,21H2. The molecule has 0 spiro atoms. The molecule has 0 N–H and O–H groups in total. The predicted octanol–water partition coefficient (Wildman–Crippen LogP) is 4.75. The van der Waals surface area contributed by atoms with Crippen LogP contribution in [-0.4, -0.2) is 51.7 Å². The van der Waals surface area contributed by atoms with E-state index in [0.29, 0.717) is 29.8 Å². The minimum atomic E-state index is -0.359. The number of carbonyl (C=O) groups is 1. The molecule has 37 heavy (non-hydrogen) atoms. The summed E-state index contributed by atoms with van der Waals surface area (Å²) in [5, 5.41) is 4.48. The number of ether oxygens (including phenoxy) is 1. The van der Waals surface area contributed by atoms with E-state index in [-0.39, 0.29) is 36.6 Å². The summed E-state index contributed by atoms with van der Waals surface area (Å²) in [7, 11) is 0. The highest BCUT2D eigenvalue weighted by Crippen LogP contribution is 2.22. The van der Waals surface area contributed by atoms with Crippen LogP contribution in [0.3, 0.4) is 0 Å². The Labute approximate surface area is 214 Å². The maximum absolute atomic E-state index is 13.7. The van der Waals surface area contributed by atoms with Crippen molar-refractivity contribution in [2.24, 2.45) is 0 Å². The number of halogens is 2. The molecule has 0 unspecified atom stereocenters. The number of amides is 1. The van der Waals surface area contributed by atoms with Gasteiger partial charge < -0.3 is 9.64 Å². The molecule has 0 bridgehead atoms. The SMILES string of the molecule is O=C(c1cn(Cc2cccc(F)c2)nc1OCc1cccc(F)c1)N1CCN(Cc2ccccc2)CC1. The fourth-order valence-electron chi connectivity index (χ4n) is 4.46. The van der Waals surface area contributed by atoms with Crippen LogP contribution in [0.5, 0.6) is 5.88 Å². The fraction of sp³-hybridized carbons (Fsp3) is 0.241. The van der Waals surface area contributed by atoms with Crippen molar-refractivity contribution in [2.45, 2.75) is 19.7 Å². The number of benzene rings is 3. The first-order chi connectivity index (χ1) is 18.0. The van der Waals surface area contributed by atoms with Crippen molar-refractivity contribution >= 4 is 5.91 Å². The molecule has 8 heteroatoms. The molecular weight excluding hydrogens is 474 g/mol. The number of hydrogen-bond acceptors (Lipinski definition) is 4. The lowest BCUT2D eigenvalue weighted by molar-refractivity contribution is 0.0624. The third kappa shape index (κ3) is 6.40. The molecule has 1 aliphatic rings. The Morgan fingerprint density at radius 1 is 0.784 bits per heavy atom. The monoisotopic (exact) mass is 502 g/mol. The summed E-state index contributed by atoms with van der Waals surface area (Å²) >= 11 is 0. The Balaban J connectivity index is 1.30. The molecule has 1 amide bonds. The van der Waals surface area contributed by atoms with E-state index >= 15 is 0 Å². The maximum atomic E-state index is 13.7. The summed E-state index contributed by atoms with van der Waals surface area (Å²) in [6, 6.07) is 22.6. The van der Waals surface area contributed by atoms with Gasteiger partial charge in [-0.1, -0.05) is 54.6 Å². The van der Waals surface area contributed by atoms with Gasteiger partial charge in [0.15, 0.2) is 0 Å². The molecule has 5 rings (SSSR count). The number of nitrogens with zero attached hydrogens (tertiary/aromatic N) is 4. The molecule has 190 valence electrons. The first-order valence-corrected chi connectivity index (χ1v) is 12.3. The summed E-state index contributed by atoms with van der Waals surface area (Å²) < 4.78 is 34.8. The van der Waals surface area contributed by atoms with E-state index in [1.165, 1.54) is 29.8 Å². The van der Waals surface area contributed by atoms with Crippen LogP contribution in [-0.2, 0) is 19.7 Å². The number of hydrogen-bond donors (Lipinski definition) is 0. The molecule has 2 heterocycles. The van der Waals surface area contributed by atoms with E-state index in [1.807, 2.05) is 18.2 Å². The lowest BCUT2D eigenvalue weighted by Gasteiger charge is -2.34. The van der Waals surface area contributed by atoms with Crippen LogP contribution < -0.4 is 4.74 Å². The van der Waals surface area contributed by atoms with Gasteiger partial charge in [-0.25, -0.2) is 8.78 Å². The number of piperazine rings is 1. The first kappa shape index (κ1) is 24.6. The second kappa shape index (κ2) is 11.3. The lowest BCUT2D eigenvalue weighted by Crippen LogP contribution is -2.48. The molecule has 0 saturated carbocycles. The summed E-state index contributed by atoms with van der Waals surface area (Å²) in [5.74, 6) is -0.684. The number of rotatable bonds is 8. The zero-order valence-corrected chi connectivity index (χ0v) is 20.4. The highest BCUT2D eigenvalue weighted by atomic mass is 19.1. The Kier molecular flexibility index (Phi) is 7.56. The maximum Gasteiger partial charge on any atom is 0.261 e. The van der Waals surface area contributed by atoms with E-state index < -0.39 is 0 Å². The van der Waals surface area contributed by atoms with Crippen molar-refractivity contribution in [3.8, 4) is 5.88 Å². The summed E-state index contributed by atoms with van der Waals surface area (Å²) in [4.78, 5) is 17.7. The molecule has 3 aromatic carbocycles. The van der Waals surface area contributed by atoms with Gasteiger partial charge in [-0.2, -0.15) is 0 Å². The van der Waals surface area contributed by atoms with Crippen molar-refractivity contribution < 1.29 is 18.3 Å². The Hall–Kier alpha value is -4.04. The highest BCUT2D eigenvalue weighted by Gasteiger charge is 2.27. The average molecular weight is 503 g/mol. The second-order valence-electron chi connectivity index (χ2n) is 9.15. The van der Waals surface area contributed by atoms with Gasteiger partial charge in [0.05, 0.1) is 6.54 Å². The van der Waals surface area contributed by atoms with E-state index in [2.05, 4.69) is 22.1 Å². The topological polar surface area (TPSA) is 50.6 Å². The van der Waals surface area contributed by atoms with Crippen molar-refractivity contribution in [2.75, 3.05) is 26.2 Å². The molecular formula is C29H28F2N4O2. The van der Waals surface area contributed by atoms with E-state index in [0.717, 1.165) is 19.6 Å². The van der Waals surface area contributed by atoms with E-state index in [4.69, 9.17) is 4.74 Å². The van der Waals surface area contributed by atoms with E-state index in [9.17, 15) is 13.6 Å². The van der Waals surface area contributed by atoms with E-state index in [1.54, 1.807) is 40.0 Å². The predicted molar refractivity (Wildman–Crippen MR) is 136 cm³/mol. The number of carbonyl (C=O) groups excluding carboxylic acids is 1. The Morgan fingerprint density at radius 2 is 1.43 bits per heavy atom. The average Bonchev–Trinajstić information content (AvgIpc) is 3.30. The third-order valence-corrected chi connectivity index (χ3v) is 6.36. The van der Waals surface area contributed by atoms with Gasteiger partial charge in [0.1, 0.15) is 23.8 Å². The molecule has 4 aromatic rings. The first-order valence-electron chi connectivity index (χ1n) is 12.3. The smallest absolute Gasteiger partial charge is 0.261 e. The summed E-state index contributed by atoms with van der Waals surface area (Å²) in [5.41, 5.74) is 2.93. The van der Waals surface area contributed by atoms with Crippen molar-refractivity contribution in [1.29, 1.82) is 0 Å². The zero-order chi connectivity index (χ0) is 25.6.